The third-order valence-corrected chi connectivity index (χ3v) is 4.77. The molecule has 2 aromatic carbocycles. The summed E-state index contributed by atoms with van der Waals surface area (Å²) < 4.78 is 14.3. The lowest BCUT2D eigenvalue weighted by Crippen LogP contribution is -2.22. The lowest BCUT2D eigenvalue weighted by molar-refractivity contribution is -0.116. The summed E-state index contributed by atoms with van der Waals surface area (Å²) >= 11 is 0. The maximum atomic E-state index is 14.3. The first-order valence-corrected chi connectivity index (χ1v) is 9.08. The third-order valence-electron chi connectivity index (χ3n) is 4.77. The number of nitrogens with one attached hydrogen (secondary N) is 1. The van der Waals surface area contributed by atoms with Gasteiger partial charge in [0, 0.05) is 19.5 Å². The number of para-hydroxylation sites is 1. The van der Waals surface area contributed by atoms with E-state index in [4.69, 9.17) is 0 Å². The molecular weight excluding hydrogens is 315 g/mol. The predicted molar refractivity (Wildman–Crippen MR) is 101 cm³/mol. The zero-order chi connectivity index (χ0) is 17.6. The fraction of sp³-hybridized carbons (Fsp3) is 0.381. The van der Waals surface area contributed by atoms with Crippen molar-refractivity contribution in [1.29, 1.82) is 0 Å². The molecule has 1 aliphatic rings. The van der Waals surface area contributed by atoms with Crippen molar-refractivity contribution < 1.29 is 9.18 Å². The second kappa shape index (κ2) is 8.15. The van der Waals surface area contributed by atoms with Crippen LogP contribution in [-0.4, -0.2) is 19.0 Å². The Kier molecular flexibility index (Phi) is 5.69. The minimum atomic E-state index is -0.370. The average Bonchev–Trinajstić information content (AvgIpc) is 3.16. The number of halogens is 1. The minimum absolute atomic E-state index is 0.148. The molecule has 0 radical (unpaired) electrons. The van der Waals surface area contributed by atoms with Crippen LogP contribution in [0, 0.1) is 5.82 Å². The van der Waals surface area contributed by atoms with Crippen LogP contribution in [0.5, 0.6) is 0 Å². The number of aryl methyl sites for hydroxylation is 2. The first-order chi connectivity index (χ1) is 12.2. The Morgan fingerprint density at radius 1 is 1.08 bits per heavy atom. The quantitative estimate of drug-likeness (QED) is 0.836. The SMILES string of the molecule is CCc1ccc(CCC(=O)Nc2c(F)cccc2N2CCCC2)cc1. The van der Waals surface area contributed by atoms with Gasteiger partial charge in [0.05, 0.1) is 5.69 Å². The fourth-order valence-corrected chi connectivity index (χ4v) is 3.26. The maximum absolute atomic E-state index is 14.3. The van der Waals surface area contributed by atoms with Crippen molar-refractivity contribution in [2.45, 2.75) is 39.0 Å². The van der Waals surface area contributed by atoms with Crippen LogP contribution in [0.4, 0.5) is 15.8 Å². The van der Waals surface area contributed by atoms with Crippen LogP contribution in [0.15, 0.2) is 42.5 Å². The molecule has 1 aliphatic heterocycles. The summed E-state index contributed by atoms with van der Waals surface area (Å²) in [6.45, 7) is 3.95. The van der Waals surface area contributed by atoms with Gasteiger partial charge in [-0.05, 0) is 48.9 Å². The highest BCUT2D eigenvalue weighted by Gasteiger charge is 2.19. The summed E-state index contributed by atoms with van der Waals surface area (Å²) in [7, 11) is 0. The lowest BCUT2D eigenvalue weighted by atomic mass is 10.1. The molecule has 0 aliphatic carbocycles. The van der Waals surface area contributed by atoms with Gasteiger partial charge in [0.25, 0.3) is 0 Å². The topological polar surface area (TPSA) is 32.3 Å². The molecule has 132 valence electrons. The van der Waals surface area contributed by atoms with E-state index >= 15 is 0 Å². The number of benzene rings is 2. The van der Waals surface area contributed by atoms with Crippen LogP contribution in [0.1, 0.15) is 37.3 Å². The maximum Gasteiger partial charge on any atom is 0.224 e. The molecule has 1 heterocycles. The van der Waals surface area contributed by atoms with E-state index in [9.17, 15) is 9.18 Å². The Morgan fingerprint density at radius 3 is 2.44 bits per heavy atom. The summed E-state index contributed by atoms with van der Waals surface area (Å²) in [6, 6.07) is 13.3. The van der Waals surface area contributed by atoms with Crippen LogP contribution in [0.3, 0.4) is 0 Å². The van der Waals surface area contributed by atoms with E-state index in [-0.39, 0.29) is 11.7 Å². The highest BCUT2D eigenvalue weighted by molar-refractivity contribution is 5.94. The molecule has 1 saturated heterocycles. The van der Waals surface area contributed by atoms with Crippen molar-refractivity contribution in [2.75, 3.05) is 23.3 Å². The van der Waals surface area contributed by atoms with Crippen molar-refractivity contribution in [3.05, 3.63) is 59.4 Å². The molecular formula is C21H25FN2O. The van der Waals surface area contributed by atoms with Gasteiger partial charge < -0.3 is 10.2 Å². The smallest absolute Gasteiger partial charge is 0.224 e. The first-order valence-electron chi connectivity index (χ1n) is 9.08. The molecule has 1 amide bonds. The number of carbonyl (C=O) groups is 1. The van der Waals surface area contributed by atoms with E-state index < -0.39 is 0 Å². The predicted octanol–water partition coefficient (Wildman–Crippen LogP) is 4.56. The Bertz CT molecular complexity index is 721. The van der Waals surface area contributed by atoms with Gasteiger partial charge in [-0.1, -0.05) is 37.3 Å². The van der Waals surface area contributed by atoms with E-state index in [1.807, 2.05) is 6.07 Å². The van der Waals surface area contributed by atoms with E-state index in [1.54, 1.807) is 6.07 Å². The average molecular weight is 340 g/mol. The van der Waals surface area contributed by atoms with Crippen molar-refractivity contribution in [3.63, 3.8) is 0 Å². The Balaban J connectivity index is 1.64. The highest BCUT2D eigenvalue weighted by Crippen LogP contribution is 2.31. The van der Waals surface area contributed by atoms with Crippen molar-refractivity contribution >= 4 is 17.3 Å². The molecule has 2 aromatic rings. The molecule has 3 nitrogen and oxygen atoms in total. The van der Waals surface area contributed by atoms with Gasteiger partial charge >= 0.3 is 0 Å². The molecule has 1 N–H and O–H groups in total. The summed E-state index contributed by atoms with van der Waals surface area (Å²) in [4.78, 5) is 14.5. The normalized spacial score (nSPS) is 13.9. The highest BCUT2D eigenvalue weighted by atomic mass is 19.1. The summed E-state index contributed by atoms with van der Waals surface area (Å²) in [6.07, 6.45) is 4.23. The third kappa shape index (κ3) is 4.38. The minimum Gasteiger partial charge on any atom is -0.370 e. The number of hydrogen-bond donors (Lipinski definition) is 1. The standard InChI is InChI=1S/C21H25FN2O/c1-2-16-8-10-17(11-9-16)12-13-20(25)23-21-18(22)6-5-7-19(21)24-14-3-4-15-24/h5-11H,2-4,12-15H2,1H3,(H,23,25). The molecule has 0 atom stereocenters. The zero-order valence-corrected chi connectivity index (χ0v) is 14.7. The van der Waals surface area contributed by atoms with Gasteiger partial charge in [-0.3, -0.25) is 4.79 Å². The summed E-state index contributed by atoms with van der Waals surface area (Å²) in [5, 5.41) is 2.79. The molecule has 25 heavy (non-hydrogen) atoms. The Labute approximate surface area is 148 Å². The number of rotatable bonds is 6. The Morgan fingerprint density at radius 2 is 1.76 bits per heavy atom. The fourth-order valence-electron chi connectivity index (χ4n) is 3.26. The number of anilines is 2. The van der Waals surface area contributed by atoms with E-state index in [1.165, 1.54) is 11.6 Å². The molecule has 1 fully saturated rings. The van der Waals surface area contributed by atoms with Crippen molar-refractivity contribution in [3.8, 4) is 0 Å². The van der Waals surface area contributed by atoms with Crippen LogP contribution in [-0.2, 0) is 17.6 Å². The molecule has 0 spiro atoms. The molecule has 3 rings (SSSR count). The van der Waals surface area contributed by atoms with Crippen LogP contribution in [0.25, 0.3) is 0 Å². The second-order valence-corrected chi connectivity index (χ2v) is 6.55. The van der Waals surface area contributed by atoms with E-state index in [0.717, 1.165) is 43.6 Å². The molecule has 0 bridgehead atoms. The van der Waals surface area contributed by atoms with Gasteiger partial charge in [0.2, 0.25) is 5.91 Å². The summed E-state index contributed by atoms with van der Waals surface area (Å²) in [5.41, 5.74) is 3.52. The zero-order valence-electron chi connectivity index (χ0n) is 14.7. The number of nitrogens with zero attached hydrogens (tertiary/aromatic N) is 1. The number of carbonyl (C=O) groups excluding carboxylic acids is 1. The largest absolute Gasteiger partial charge is 0.370 e. The summed E-state index contributed by atoms with van der Waals surface area (Å²) in [5.74, 6) is -0.518. The van der Waals surface area contributed by atoms with Gasteiger partial charge in [-0.2, -0.15) is 0 Å². The number of hydrogen-bond acceptors (Lipinski definition) is 2. The van der Waals surface area contributed by atoms with Gasteiger partial charge in [-0.15, -0.1) is 0 Å². The molecule has 4 heteroatoms. The van der Waals surface area contributed by atoms with Crippen molar-refractivity contribution in [2.24, 2.45) is 0 Å². The molecule has 0 unspecified atom stereocenters. The van der Waals surface area contributed by atoms with Crippen LogP contribution in [0.2, 0.25) is 0 Å². The van der Waals surface area contributed by atoms with Crippen LogP contribution >= 0.6 is 0 Å². The van der Waals surface area contributed by atoms with Gasteiger partial charge in [0.15, 0.2) is 0 Å². The number of amides is 1. The van der Waals surface area contributed by atoms with Gasteiger partial charge in [-0.25, -0.2) is 4.39 Å². The van der Waals surface area contributed by atoms with Gasteiger partial charge in [0.1, 0.15) is 11.5 Å². The van der Waals surface area contributed by atoms with Crippen LogP contribution < -0.4 is 10.2 Å². The first kappa shape index (κ1) is 17.5. The molecule has 0 aromatic heterocycles. The van der Waals surface area contributed by atoms with E-state index in [0.29, 0.717) is 18.5 Å². The monoisotopic (exact) mass is 340 g/mol. The Hall–Kier alpha value is -2.36. The second-order valence-electron chi connectivity index (χ2n) is 6.55. The molecule has 0 saturated carbocycles. The lowest BCUT2D eigenvalue weighted by Gasteiger charge is -2.22. The van der Waals surface area contributed by atoms with E-state index in [2.05, 4.69) is 41.4 Å². The van der Waals surface area contributed by atoms with Crippen molar-refractivity contribution in [1.82, 2.24) is 0 Å².